The molecular formula is C33H31F3O. The average Bonchev–Trinajstić information content (AvgIpc) is 2.91. The van der Waals surface area contributed by atoms with E-state index in [0.29, 0.717) is 23.3 Å². The van der Waals surface area contributed by atoms with Gasteiger partial charge in [-0.15, -0.1) is 0 Å². The first-order valence-electron chi connectivity index (χ1n) is 12.7. The van der Waals surface area contributed by atoms with Gasteiger partial charge in [-0.3, -0.25) is 0 Å². The number of hydrogen-bond acceptors (Lipinski definition) is 1. The Morgan fingerprint density at radius 2 is 1.22 bits per heavy atom. The first-order chi connectivity index (χ1) is 18.0. The first kappa shape index (κ1) is 26.3. The topological polar surface area (TPSA) is 9.23 Å². The van der Waals surface area contributed by atoms with Gasteiger partial charge in [0.2, 0.25) is 0 Å². The Morgan fingerprint density at radius 1 is 0.649 bits per heavy atom. The lowest BCUT2D eigenvalue weighted by Crippen LogP contribution is -1.99. The van der Waals surface area contributed by atoms with E-state index in [2.05, 4.69) is 6.92 Å². The third-order valence-electron chi connectivity index (χ3n) is 6.35. The Balaban J connectivity index is 1.43. The van der Waals surface area contributed by atoms with Crippen LogP contribution in [0.15, 0.2) is 78.9 Å². The van der Waals surface area contributed by atoms with E-state index in [4.69, 9.17) is 4.74 Å². The van der Waals surface area contributed by atoms with Gasteiger partial charge in [0.25, 0.3) is 0 Å². The average molecular weight is 501 g/mol. The molecule has 0 bridgehead atoms. The molecule has 0 saturated carbocycles. The molecule has 0 N–H and O–H groups in total. The van der Waals surface area contributed by atoms with Crippen LogP contribution in [-0.2, 0) is 0 Å². The lowest BCUT2D eigenvalue weighted by molar-refractivity contribution is 0.290. The molecule has 0 aliphatic rings. The first-order valence-corrected chi connectivity index (χ1v) is 12.7. The lowest BCUT2D eigenvalue weighted by Gasteiger charge is -2.10. The number of rotatable bonds is 10. The van der Waals surface area contributed by atoms with E-state index in [1.54, 1.807) is 48.5 Å². The van der Waals surface area contributed by atoms with Crippen molar-refractivity contribution < 1.29 is 17.9 Å². The quantitative estimate of drug-likeness (QED) is 0.155. The van der Waals surface area contributed by atoms with Gasteiger partial charge in [-0.1, -0.05) is 111 Å². The van der Waals surface area contributed by atoms with Gasteiger partial charge in [0.1, 0.15) is 0 Å². The van der Waals surface area contributed by atoms with E-state index < -0.39 is 11.6 Å². The molecule has 4 heteroatoms. The summed E-state index contributed by atoms with van der Waals surface area (Å²) < 4.78 is 49.8. The SMILES string of the molecule is CCCCCCOc1ccc(/C=C/c2ccc(-c3ccc(-c4ccc(C)cc4)c(F)c3F)cc2)cc1F. The fraction of sp³-hybridized carbons (Fsp3) is 0.212. The van der Waals surface area contributed by atoms with Crippen molar-refractivity contribution in [2.24, 2.45) is 0 Å². The highest BCUT2D eigenvalue weighted by molar-refractivity contribution is 5.74. The maximum Gasteiger partial charge on any atom is 0.167 e. The maximum atomic E-state index is 15.0. The second-order valence-electron chi connectivity index (χ2n) is 9.21. The number of halogens is 3. The molecule has 0 aliphatic carbocycles. The molecule has 1 nitrogen and oxygen atoms in total. The van der Waals surface area contributed by atoms with Crippen LogP contribution in [0.5, 0.6) is 5.75 Å². The summed E-state index contributed by atoms with van der Waals surface area (Å²) in [5, 5.41) is 0. The van der Waals surface area contributed by atoms with Gasteiger partial charge in [-0.05, 0) is 47.7 Å². The number of unbranched alkanes of at least 4 members (excludes halogenated alkanes) is 3. The van der Waals surface area contributed by atoms with Crippen LogP contribution in [0.3, 0.4) is 0 Å². The predicted molar refractivity (Wildman–Crippen MR) is 147 cm³/mol. The minimum absolute atomic E-state index is 0.205. The van der Waals surface area contributed by atoms with Crippen molar-refractivity contribution in [1.29, 1.82) is 0 Å². The van der Waals surface area contributed by atoms with Gasteiger partial charge < -0.3 is 4.74 Å². The molecule has 37 heavy (non-hydrogen) atoms. The Labute approximate surface area is 217 Å². The van der Waals surface area contributed by atoms with Crippen LogP contribution >= 0.6 is 0 Å². The molecule has 0 fully saturated rings. The second-order valence-corrected chi connectivity index (χ2v) is 9.21. The second kappa shape index (κ2) is 12.4. The highest BCUT2D eigenvalue weighted by atomic mass is 19.2. The van der Waals surface area contributed by atoms with Crippen molar-refractivity contribution >= 4 is 12.2 Å². The Hall–Kier alpha value is -3.79. The number of benzene rings is 4. The van der Waals surface area contributed by atoms with Gasteiger partial charge in [-0.25, -0.2) is 13.2 Å². The van der Waals surface area contributed by atoms with Crippen molar-refractivity contribution in [3.63, 3.8) is 0 Å². The molecule has 4 rings (SSSR count). The highest BCUT2D eigenvalue weighted by Crippen LogP contribution is 2.32. The molecule has 0 amide bonds. The summed E-state index contributed by atoms with van der Waals surface area (Å²) in [6, 6.07) is 22.6. The van der Waals surface area contributed by atoms with Gasteiger partial charge in [0, 0.05) is 11.1 Å². The van der Waals surface area contributed by atoms with Crippen molar-refractivity contribution in [2.45, 2.75) is 39.5 Å². The summed E-state index contributed by atoms with van der Waals surface area (Å²) >= 11 is 0. The summed E-state index contributed by atoms with van der Waals surface area (Å²) in [5.41, 5.74) is 4.28. The van der Waals surface area contributed by atoms with Crippen molar-refractivity contribution in [3.8, 4) is 28.0 Å². The largest absolute Gasteiger partial charge is 0.491 e. The predicted octanol–water partition coefficient (Wildman–Crippen LogP) is 9.88. The van der Waals surface area contributed by atoms with Crippen molar-refractivity contribution in [1.82, 2.24) is 0 Å². The molecule has 0 unspecified atom stereocenters. The summed E-state index contributed by atoms with van der Waals surface area (Å²) in [6.07, 6.45) is 7.95. The van der Waals surface area contributed by atoms with E-state index in [9.17, 15) is 13.2 Å². The zero-order chi connectivity index (χ0) is 26.2. The zero-order valence-corrected chi connectivity index (χ0v) is 21.2. The van der Waals surface area contributed by atoms with Crippen molar-refractivity contribution in [2.75, 3.05) is 6.61 Å². The molecule has 4 aromatic rings. The fourth-order valence-electron chi connectivity index (χ4n) is 4.14. The third-order valence-corrected chi connectivity index (χ3v) is 6.35. The highest BCUT2D eigenvalue weighted by Gasteiger charge is 2.16. The lowest BCUT2D eigenvalue weighted by atomic mass is 9.97. The van der Waals surface area contributed by atoms with Gasteiger partial charge in [0.05, 0.1) is 6.61 Å². The van der Waals surface area contributed by atoms with E-state index in [-0.39, 0.29) is 22.7 Å². The van der Waals surface area contributed by atoms with Gasteiger partial charge in [0.15, 0.2) is 23.2 Å². The number of hydrogen-bond donors (Lipinski definition) is 0. The van der Waals surface area contributed by atoms with Crippen molar-refractivity contribution in [3.05, 3.63) is 113 Å². The molecule has 0 aromatic heterocycles. The molecule has 0 heterocycles. The van der Waals surface area contributed by atoms with Crippen LogP contribution in [0.4, 0.5) is 13.2 Å². The number of ether oxygens (including phenoxy) is 1. The van der Waals surface area contributed by atoms with Gasteiger partial charge in [-0.2, -0.15) is 0 Å². The minimum atomic E-state index is -0.871. The normalized spacial score (nSPS) is 11.3. The molecule has 4 aromatic carbocycles. The van der Waals surface area contributed by atoms with Crippen LogP contribution in [0.1, 0.15) is 49.3 Å². The Kier molecular flexibility index (Phi) is 8.84. The molecule has 190 valence electrons. The summed E-state index contributed by atoms with van der Waals surface area (Å²) in [5.74, 6) is -1.86. The zero-order valence-electron chi connectivity index (χ0n) is 21.2. The van der Waals surface area contributed by atoms with Crippen LogP contribution in [0.25, 0.3) is 34.4 Å². The summed E-state index contributed by atoms with van der Waals surface area (Å²) in [4.78, 5) is 0. The van der Waals surface area contributed by atoms with Gasteiger partial charge >= 0.3 is 0 Å². The van der Waals surface area contributed by atoms with E-state index in [1.807, 2.05) is 43.3 Å². The maximum absolute atomic E-state index is 15.0. The van der Waals surface area contributed by atoms with Crippen LogP contribution < -0.4 is 4.74 Å². The molecule has 0 saturated heterocycles. The molecule has 0 atom stereocenters. The molecular weight excluding hydrogens is 469 g/mol. The minimum Gasteiger partial charge on any atom is -0.491 e. The van der Waals surface area contributed by atoms with E-state index in [0.717, 1.165) is 36.8 Å². The standard InChI is InChI=1S/C33H31F3O/c1-3-4-5-6-21-37-31-20-13-25(22-30(31)34)10-9-24-11-16-27(17-12-24)29-19-18-28(32(35)33(29)36)26-14-7-23(2)8-15-26/h7-20,22H,3-6,21H2,1-2H3/b10-9+. The fourth-order valence-corrected chi connectivity index (χ4v) is 4.14. The smallest absolute Gasteiger partial charge is 0.167 e. The Bertz CT molecular complexity index is 1360. The molecule has 0 aliphatic heterocycles. The van der Waals surface area contributed by atoms with Crippen LogP contribution in [0.2, 0.25) is 0 Å². The van der Waals surface area contributed by atoms with Crippen LogP contribution in [0, 0.1) is 24.4 Å². The summed E-state index contributed by atoms with van der Waals surface area (Å²) in [7, 11) is 0. The molecule has 0 spiro atoms. The summed E-state index contributed by atoms with van der Waals surface area (Å²) in [6.45, 7) is 4.60. The van der Waals surface area contributed by atoms with Crippen LogP contribution in [-0.4, -0.2) is 6.61 Å². The molecule has 0 radical (unpaired) electrons. The third kappa shape index (κ3) is 6.71. The monoisotopic (exact) mass is 500 g/mol. The van der Waals surface area contributed by atoms with E-state index >= 15 is 0 Å². The van der Waals surface area contributed by atoms with E-state index in [1.165, 1.54) is 6.07 Å². The Morgan fingerprint density at radius 3 is 1.81 bits per heavy atom. The number of aryl methyl sites for hydroxylation is 1.